The smallest absolute Gasteiger partial charge is 0.224 e. The van der Waals surface area contributed by atoms with Crippen molar-refractivity contribution in [2.75, 3.05) is 20.1 Å². The van der Waals surface area contributed by atoms with E-state index in [1.807, 2.05) is 12.3 Å². The number of aliphatic hydroxyl groups is 1. The number of aryl methyl sites for hydroxylation is 1. The molecule has 2 atom stereocenters. The number of rotatable bonds is 4. The number of carbonyl (C=O) groups is 1. The molecule has 0 unspecified atom stereocenters. The zero-order chi connectivity index (χ0) is 12.3. The van der Waals surface area contributed by atoms with Gasteiger partial charge in [0.1, 0.15) is 0 Å². The van der Waals surface area contributed by atoms with E-state index in [-0.39, 0.29) is 11.9 Å². The fraction of sp³-hybridized carbons (Fsp3) is 0.636. The summed E-state index contributed by atoms with van der Waals surface area (Å²) >= 11 is 0. The molecule has 1 amide bonds. The van der Waals surface area contributed by atoms with Crippen molar-refractivity contribution >= 4 is 5.91 Å². The van der Waals surface area contributed by atoms with Crippen molar-refractivity contribution < 1.29 is 9.90 Å². The zero-order valence-corrected chi connectivity index (χ0v) is 9.91. The molecule has 0 bridgehead atoms. The van der Waals surface area contributed by atoms with Gasteiger partial charge in [-0.15, -0.1) is 0 Å². The molecule has 0 aliphatic carbocycles. The van der Waals surface area contributed by atoms with Crippen LogP contribution in [0.1, 0.15) is 6.42 Å². The van der Waals surface area contributed by atoms with E-state index in [4.69, 9.17) is 0 Å². The monoisotopic (exact) mass is 238 g/mol. The van der Waals surface area contributed by atoms with Gasteiger partial charge in [0.25, 0.3) is 0 Å². The summed E-state index contributed by atoms with van der Waals surface area (Å²) in [7, 11) is 1.74. The van der Waals surface area contributed by atoms with Crippen LogP contribution in [0.3, 0.4) is 0 Å². The molecule has 0 radical (unpaired) electrons. The predicted octanol–water partition coefficient (Wildman–Crippen LogP) is -0.936. The second-order valence-corrected chi connectivity index (χ2v) is 4.32. The first-order valence-electron chi connectivity index (χ1n) is 5.80. The van der Waals surface area contributed by atoms with Crippen LogP contribution in [0, 0.1) is 0 Å². The lowest BCUT2D eigenvalue weighted by molar-refractivity contribution is -0.133. The SMILES string of the molecule is CN(C(=O)CCn1cccn1)[C@@H]1CNC[C@H]1O. The van der Waals surface area contributed by atoms with Crippen molar-refractivity contribution in [1.29, 1.82) is 0 Å². The Labute approximate surface area is 100 Å². The molecular formula is C11H18N4O2. The van der Waals surface area contributed by atoms with Gasteiger partial charge < -0.3 is 15.3 Å². The molecule has 6 heteroatoms. The highest BCUT2D eigenvalue weighted by molar-refractivity contribution is 5.76. The summed E-state index contributed by atoms with van der Waals surface area (Å²) in [6.45, 7) is 1.79. The number of nitrogens with zero attached hydrogens (tertiary/aromatic N) is 3. The number of nitrogens with one attached hydrogen (secondary N) is 1. The highest BCUT2D eigenvalue weighted by Gasteiger charge is 2.30. The summed E-state index contributed by atoms with van der Waals surface area (Å²) in [6, 6.07) is 1.72. The summed E-state index contributed by atoms with van der Waals surface area (Å²) < 4.78 is 1.73. The molecule has 1 fully saturated rings. The Morgan fingerprint density at radius 2 is 2.47 bits per heavy atom. The summed E-state index contributed by atoms with van der Waals surface area (Å²) in [5.41, 5.74) is 0. The Morgan fingerprint density at radius 1 is 1.65 bits per heavy atom. The van der Waals surface area contributed by atoms with Gasteiger partial charge in [0.05, 0.1) is 12.1 Å². The van der Waals surface area contributed by atoms with Gasteiger partial charge in [0, 0.05) is 45.5 Å². The third-order valence-electron chi connectivity index (χ3n) is 3.16. The highest BCUT2D eigenvalue weighted by atomic mass is 16.3. The van der Waals surface area contributed by atoms with E-state index in [1.165, 1.54) is 0 Å². The Hall–Kier alpha value is -1.40. The number of aliphatic hydroxyl groups excluding tert-OH is 1. The summed E-state index contributed by atoms with van der Waals surface area (Å²) in [5, 5.41) is 16.8. The lowest BCUT2D eigenvalue weighted by atomic mass is 10.2. The summed E-state index contributed by atoms with van der Waals surface area (Å²) in [5.74, 6) is 0.0354. The topological polar surface area (TPSA) is 70.4 Å². The molecule has 1 aromatic rings. The van der Waals surface area contributed by atoms with Crippen molar-refractivity contribution in [3.8, 4) is 0 Å². The second kappa shape index (κ2) is 5.29. The predicted molar refractivity (Wildman–Crippen MR) is 62.3 cm³/mol. The van der Waals surface area contributed by atoms with Crippen molar-refractivity contribution in [2.45, 2.75) is 25.1 Å². The second-order valence-electron chi connectivity index (χ2n) is 4.32. The third-order valence-corrected chi connectivity index (χ3v) is 3.16. The van der Waals surface area contributed by atoms with Gasteiger partial charge in [0.2, 0.25) is 5.91 Å². The van der Waals surface area contributed by atoms with E-state index in [1.54, 1.807) is 22.8 Å². The molecule has 0 spiro atoms. The number of hydrogen-bond donors (Lipinski definition) is 2. The number of β-amino-alcohol motifs (C(OH)–C–C–N with tert-alkyl or cyclic N) is 1. The number of carbonyl (C=O) groups excluding carboxylic acids is 1. The van der Waals surface area contributed by atoms with Crippen LogP contribution in [-0.4, -0.2) is 58.0 Å². The maximum absolute atomic E-state index is 11.9. The molecule has 0 aromatic carbocycles. The minimum absolute atomic E-state index is 0.0354. The van der Waals surface area contributed by atoms with Crippen molar-refractivity contribution in [1.82, 2.24) is 20.0 Å². The first-order valence-corrected chi connectivity index (χ1v) is 5.80. The molecule has 2 rings (SSSR count). The van der Waals surface area contributed by atoms with Gasteiger partial charge in [-0.25, -0.2) is 0 Å². The quantitative estimate of drug-likeness (QED) is 0.710. The Balaban J connectivity index is 1.83. The minimum atomic E-state index is -0.464. The lowest BCUT2D eigenvalue weighted by Crippen LogP contribution is -2.44. The zero-order valence-electron chi connectivity index (χ0n) is 9.91. The van der Waals surface area contributed by atoms with E-state index in [0.29, 0.717) is 26.1 Å². The average molecular weight is 238 g/mol. The van der Waals surface area contributed by atoms with Gasteiger partial charge in [0.15, 0.2) is 0 Å². The fourth-order valence-electron chi connectivity index (χ4n) is 2.05. The normalized spacial score (nSPS) is 23.9. The van der Waals surface area contributed by atoms with Crippen LogP contribution in [0.25, 0.3) is 0 Å². The summed E-state index contributed by atoms with van der Waals surface area (Å²) in [6.07, 6.45) is 3.47. The molecule has 2 heterocycles. The largest absolute Gasteiger partial charge is 0.390 e. The van der Waals surface area contributed by atoms with Gasteiger partial charge in [-0.1, -0.05) is 0 Å². The molecule has 17 heavy (non-hydrogen) atoms. The van der Waals surface area contributed by atoms with Gasteiger partial charge >= 0.3 is 0 Å². The van der Waals surface area contributed by atoms with Crippen LogP contribution in [0.15, 0.2) is 18.5 Å². The molecule has 1 saturated heterocycles. The lowest BCUT2D eigenvalue weighted by Gasteiger charge is -2.26. The molecule has 2 N–H and O–H groups in total. The van der Waals surface area contributed by atoms with Crippen LogP contribution < -0.4 is 5.32 Å². The molecular weight excluding hydrogens is 220 g/mol. The van der Waals surface area contributed by atoms with Crippen LogP contribution in [0.4, 0.5) is 0 Å². The first-order chi connectivity index (χ1) is 8.18. The standard InChI is InChI=1S/C11H18N4O2/c1-14(9-7-12-8-10(9)16)11(17)3-6-15-5-2-4-13-15/h2,4-5,9-10,12,16H,3,6-8H2,1H3/t9-,10-/m1/s1. The number of aromatic nitrogens is 2. The van der Waals surface area contributed by atoms with E-state index in [9.17, 15) is 9.90 Å². The van der Waals surface area contributed by atoms with Gasteiger partial charge in [-0.05, 0) is 6.07 Å². The van der Waals surface area contributed by atoms with Crippen molar-refractivity contribution in [3.63, 3.8) is 0 Å². The van der Waals surface area contributed by atoms with Crippen LogP contribution in [0.5, 0.6) is 0 Å². The first kappa shape index (κ1) is 12.1. The summed E-state index contributed by atoms with van der Waals surface area (Å²) in [4.78, 5) is 13.5. The Bertz CT molecular complexity index is 366. The van der Waals surface area contributed by atoms with Gasteiger partial charge in [-0.3, -0.25) is 9.48 Å². The van der Waals surface area contributed by atoms with Crippen LogP contribution in [0.2, 0.25) is 0 Å². The van der Waals surface area contributed by atoms with E-state index < -0.39 is 6.10 Å². The van der Waals surface area contributed by atoms with E-state index >= 15 is 0 Å². The number of hydrogen-bond acceptors (Lipinski definition) is 4. The minimum Gasteiger partial charge on any atom is -0.390 e. The molecule has 0 saturated carbocycles. The molecule has 1 aliphatic heterocycles. The van der Waals surface area contributed by atoms with Gasteiger partial charge in [-0.2, -0.15) is 5.10 Å². The van der Waals surface area contributed by atoms with E-state index in [0.717, 1.165) is 0 Å². The highest BCUT2D eigenvalue weighted by Crippen LogP contribution is 2.09. The van der Waals surface area contributed by atoms with Crippen molar-refractivity contribution in [3.05, 3.63) is 18.5 Å². The molecule has 1 aromatic heterocycles. The fourth-order valence-corrected chi connectivity index (χ4v) is 2.05. The average Bonchev–Trinajstić information content (AvgIpc) is 2.95. The number of likely N-dealkylation sites (N-methyl/N-ethyl adjacent to an activating group) is 1. The molecule has 94 valence electrons. The molecule has 1 aliphatic rings. The van der Waals surface area contributed by atoms with Crippen molar-refractivity contribution in [2.24, 2.45) is 0 Å². The third kappa shape index (κ3) is 2.83. The number of amides is 1. The maximum Gasteiger partial charge on any atom is 0.224 e. The molecule has 6 nitrogen and oxygen atoms in total. The Kier molecular flexibility index (Phi) is 3.75. The Morgan fingerprint density at radius 3 is 3.06 bits per heavy atom. The van der Waals surface area contributed by atoms with Crippen LogP contribution in [-0.2, 0) is 11.3 Å². The maximum atomic E-state index is 11.9. The van der Waals surface area contributed by atoms with Crippen LogP contribution >= 0.6 is 0 Å². The van der Waals surface area contributed by atoms with E-state index in [2.05, 4.69) is 10.4 Å².